The van der Waals surface area contributed by atoms with Gasteiger partial charge in [-0.3, -0.25) is 0 Å². The lowest BCUT2D eigenvalue weighted by atomic mass is 10.6. The minimum atomic E-state index is 0. The Hall–Kier alpha value is -0.810. The van der Waals surface area contributed by atoms with E-state index >= 15 is 0 Å². The molecule has 0 amide bonds. The van der Waals surface area contributed by atoms with Gasteiger partial charge < -0.3 is 6.15 Å². The van der Waals surface area contributed by atoms with Crippen LogP contribution in [-0.2, 0) is 0 Å². The molecule has 0 fully saturated rings. The van der Waals surface area contributed by atoms with Crippen molar-refractivity contribution in [2.24, 2.45) is 0 Å². The topological polar surface area (TPSA) is 58.8 Å². The molecule has 0 aromatic rings. The van der Waals surface area contributed by atoms with E-state index in [4.69, 9.17) is 5.26 Å². The smallest absolute Gasteiger partial charge is 0.0908 e. The summed E-state index contributed by atoms with van der Waals surface area (Å²) >= 11 is 0. The first kappa shape index (κ1) is 8.95. The Bertz CT molecular complexity index is 68.1. The van der Waals surface area contributed by atoms with Crippen molar-refractivity contribution in [2.75, 3.05) is 0 Å². The van der Waals surface area contributed by atoms with Crippen LogP contribution < -0.4 is 6.15 Å². The summed E-state index contributed by atoms with van der Waals surface area (Å²) in [6.45, 7) is 1.81. The number of nitriles is 1. The van der Waals surface area contributed by atoms with Crippen LogP contribution in [0.5, 0.6) is 0 Å². The first-order valence-electron chi connectivity index (χ1n) is 1.42. The van der Waals surface area contributed by atoms with E-state index in [2.05, 4.69) is 0 Å². The third-order valence-corrected chi connectivity index (χ3v) is 0.241. The Morgan fingerprint density at radius 1 is 1.67 bits per heavy atom. The minimum absolute atomic E-state index is 0. The molecule has 6 heavy (non-hydrogen) atoms. The van der Waals surface area contributed by atoms with Gasteiger partial charge in [0, 0.05) is 6.08 Å². The van der Waals surface area contributed by atoms with E-state index in [9.17, 15) is 0 Å². The molecule has 0 aliphatic rings. The fourth-order valence-corrected chi connectivity index (χ4v) is 0.0745. The van der Waals surface area contributed by atoms with Gasteiger partial charge in [-0.25, -0.2) is 0 Å². The molecule has 0 aromatic carbocycles. The van der Waals surface area contributed by atoms with Crippen molar-refractivity contribution in [3.63, 3.8) is 0 Å². The van der Waals surface area contributed by atoms with Crippen molar-refractivity contribution in [1.29, 1.82) is 5.26 Å². The lowest BCUT2D eigenvalue weighted by Gasteiger charge is -1.47. The van der Waals surface area contributed by atoms with Crippen LogP contribution in [0.2, 0.25) is 0 Å². The molecule has 0 radical (unpaired) electrons. The van der Waals surface area contributed by atoms with E-state index in [-0.39, 0.29) is 6.15 Å². The lowest BCUT2D eigenvalue weighted by molar-refractivity contribution is 1.53. The van der Waals surface area contributed by atoms with Gasteiger partial charge in [0.1, 0.15) is 0 Å². The molecule has 0 saturated heterocycles. The van der Waals surface area contributed by atoms with E-state index < -0.39 is 0 Å². The average Bonchev–Trinajstić information content (AvgIpc) is 1.41. The predicted octanol–water partition coefficient (Wildman–Crippen LogP) is 1.25. The zero-order valence-corrected chi connectivity index (χ0v) is 3.81. The molecule has 0 aliphatic carbocycles. The molecule has 0 rings (SSSR count). The third kappa shape index (κ3) is 10.8. The van der Waals surface area contributed by atoms with Gasteiger partial charge in [0.05, 0.1) is 6.07 Å². The zero-order valence-electron chi connectivity index (χ0n) is 3.81. The molecule has 0 bridgehead atoms. The molecule has 0 atom stereocenters. The van der Waals surface area contributed by atoms with Gasteiger partial charge in [-0.15, -0.1) is 0 Å². The van der Waals surface area contributed by atoms with Crippen LogP contribution in [0.15, 0.2) is 12.2 Å². The van der Waals surface area contributed by atoms with Crippen LogP contribution in [-0.4, -0.2) is 0 Å². The number of allylic oxidation sites excluding steroid dienone is 2. The zero-order chi connectivity index (χ0) is 4.12. The van der Waals surface area contributed by atoms with Crippen molar-refractivity contribution < 1.29 is 0 Å². The summed E-state index contributed by atoms with van der Waals surface area (Å²) < 4.78 is 0. The van der Waals surface area contributed by atoms with Crippen LogP contribution >= 0.6 is 0 Å². The second-order valence-corrected chi connectivity index (χ2v) is 0.629. The Kier molecular flexibility index (Phi) is 13.3. The summed E-state index contributed by atoms with van der Waals surface area (Å²) in [7, 11) is 0. The molecule has 3 N–H and O–H groups in total. The second-order valence-electron chi connectivity index (χ2n) is 0.629. The molecule has 0 saturated carbocycles. The molecule has 0 unspecified atom stereocenters. The Balaban J connectivity index is 0. The Morgan fingerprint density at radius 3 is 2.17 bits per heavy atom. The van der Waals surface area contributed by atoms with Crippen molar-refractivity contribution in [1.82, 2.24) is 6.15 Å². The molecule has 0 heterocycles. The molecule has 0 spiro atoms. The SMILES string of the molecule is CC=CC#N.N. The Morgan fingerprint density at radius 2 is 2.17 bits per heavy atom. The van der Waals surface area contributed by atoms with Crippen LogP contribution in [0.4, 0.5) is 0 Å². The Labute approximate surface area is 37.7 Å². The lowest BCUT2D eigenvalue weighted by Crippen LogP contribution is -1.35. The maximum atomic E-state index is 7.73. The summed E-state index contributed by atoms with van der Waals surface area (Å²) in [5, 5.41) is 7.73. The van der Waals surface area contributed by atoms with Crippen molar-refractivity contribution in [2.45, 2.75) is 6.92 Å². The molecule has 2 heteroatoms. The van der Waals surface area contributed by atoms with Gasteiger partial charge in [-0.05, 0) is 6.92 Å². The number of hydrogen-bond acceptors (Lipinski definition) is 2. The number of rotatable bonds is 0. The third-order valence-electron chi connectivity index (χ3n) is 0.241. The van der Waals surface area contributed by atoms with Gasteiger partial charge >= 0.3 is 0 Å². The van der Waals surface area contributed by atoms with Gasteiger partial charge in [0.15, 0.2) is 0 Å². The van der Waals surface area contributed by atoms with Crippen molar-refractivity contribution >= 4 is 0 Å². The summed E-state index contributed by atoms with van der Waals surface area (Å²) in [5.74, 6) is 0. The quantitative estimate of drug-likeness (QED) is 0.449. The molecular formula is C4H8N2. The minimum Gasteiger partial charge on any atom is -0.344 e. The maximum Gasteiger partial charge on any atom is 0.0908 e. The summed E-state index contributed by atoms with van der Waals surface area (Å²) in [4.78, 5) is 0. The standard InChI is InChI=1S/C4H5N.H3N/c1-2-3-4-5;/h2-3H,1H3;1H3. The van der Waals surface area contributed by atoms with E-state index in [1.165, 1.54) is 6.08 Å². The number of hydrogen-bond donors (Lipinski definition) is 1. The average molecular weight is 84.1 g/mol. The van der Waals surface area contributed by atoms with E-state index in [1.54, 1.807) is 6.08 Å². The molecule has 0 aromatic heterocycles. The van der Waals surface area contributed by atoms with Crippen LogP contribution in [0.1, 0.15) is 6.92 Å². The van der Waals surface area contributed by atoms with Gasteiger partial charge in [-0.1, -0.05) is 6.08 Å². The van der Waals surface area contributed by atoms with E-state index in [1.807, 2.05) is 13.0 Å². The summed E-state index contributed by atoms with van der Waals surface area (Å²) in [5.41, 5.74) is 0. The van der Waals surface area contributed by atoms with Crippen molar-refractivity contribution in [3.8, 4) is 6.07 Å². The fourth-order valence-electron chi connectivity index (χ4n) is 0.0745. The predicted molar refractivity (Wildman–Crippen MR) is 25.4 cm³/mol. The van der Waals surface area contributed by atoms with Gasteiger partial charge in [0.25, 0.3) is 0 Å². The number of nitrogens with zero attached hydrogens (tertiary/aromatic N) is 1. The van der Waals surface area contributed by atoms with Gasteiger partial charge in [0.2, 0.25) is 0 Å². The van der Waals surface area contributed by atoms with E-state index in [0.717, 1.165) is 0 Å². The van der Waals surface area contributed by atoms with Crippen molar-refractivity contribution in [3.05, 3.63) is 12.2 Å². The normalized spacial score (nSPS) is 6.67. The van der Waals surface area contributed by atoms with Crippen LogP contribution in [0, 0.1) is 11.3 Å². The molecule has 0 aliphatic heterocycles. The summed E-state index contributed by atoms with van der Waals surface area (Å²) in [6, 6.07) is 1.84. The molecular weight excluding hydrogens is 76.1 g/mol. The highest BCUT2D eigenvalue weighted by Crippen LogP contribution is 1.58. The van der Waals surface area contributed by atoms with E-state index in [0.29, 0.717) is 0 Å². The largest absolute Gasteiger partial charge is 0.344 e. The first-order chi connectivity index (χ1) is 2.41. The van der Waals surface area contributed by atoms with Crippen LogP contribution in [0.25, 0.3) is 0 Å². The highest BCUT2D eigenvalue weighted by molar-refractivity contribution is 4.99. The second kappa shape index (κ2) is 8.89. The first-order valence-corrected chi connectivity index (χ1v) is 1.42. The van der Waals surface area contributed by atoms with Crippen LogP contribution in [0.3, 0.4) is 0 Å². The highest BCUT2D eigenvalue weighted by atomic mass is 14.2. The monoisotopic (exact) mass is 84.1 g/mol. The highest BCUT2D eigenvalue weighted by Gasteiger charge is 1.45. The fraction of sp³-hybridized carbons (Fsp3) is 0.250. The molecule has 2 nitrogen and oxygen atoms in total. The molecule has 34 valence electrons. The maximum absolute atomic E-state index is 7.73. The van der Waals surface area contributed by atoms with Gasteiger partial charge in [-0.2, -0.15) is 5.26 Å². The summed E-state index contributed by atoms with van der Waals surface area (Å²) in [6.07, 6.45) is 3.12.